The number of carbonyl (C=O) groups excluding carboxylic acids is 1. The zero-order chi connectivity index (χ0) is 13.5. The summed E-state index contributed by atoms with van der Waals surface area (Å²) in [6, 6.07) is 0.209. The minimum atomic E-state index is 0.0415. The molecule has 1 aliphatic heterocycles. The van der Waals surface area contributed by atoms with Gasteiger partial charge in [0.05, 0.1) is 11.0 Å². The molecule has 104 valence electrons. The first-order chi connectivity index (χ1) is 8.60. The molecule has 0 aromatic heterocycles. The Balaban J connectivity index is 2.40. The van der Waals surface area contributed by atoms with E-state index in [0.717, 1.165) is 45.6 Å². The van der Waals surface area contributed by atoms with Crippen LogP contribution in [0, 0.1) is 0 Å². The molecule has 3 N–H and O–H groups in total. The van der Waals surface area contributed by atoms with Gasteiger partial charge in [-0.25, -0.2) is 4.79 Å². The van der Waals surface area contributed by atoms with E-state index in [-0.39, 0.29) is 12.1 Å². The van der Waals surface area contributed by atoms with Crippen molar-refractivity contribution >= 4 is 23.2 Å². The molecule has 1 rings (SSSR count). The van der Waals surface area contributed by atoms with Gasteiger partial charge in [-0.05, 0) is 12.8 Å². The lowest BCUT2D eigenvalue weighted by Gasteiger charge is -2.38. The Labute approximate surface area is 115 Å². The predicted molar refractivity (Wildman–Crippen MR) is 77.7 cm³/mol. The molecule has 6 heteroatoms. The van der Waals surface area contributed by atoms with Crippen molar-refractivity contribution in [2.45, 2.75) is 32.7 Å². The zero-order valence-corrected chi connectivity index (χ0v) is 12.1. The maximum absolute atomic E-state index is 11.8. The Morgan fingerprint density at radius 3 is 2.39 bits per heavy atom. The van der Waals surface area contributed by atoms with Crippen LogP contribution in [-0.4, -0.2) is 59.6 Å². The summed E-state index contributed by atoms with van der Waals surface area (Å²) in [5.41, 5.74) is 5.74. The van der Waals surface area contributed by atoms with Crippen LogP contribution in [-0.2, 0) is 0 Å². The summed E-state index contributed by atoms with van der Waals surface area (Å²) in [6.07, 6.45) is 1.89. The summed E-state index contributed by atoms with van der Waals surface area (Å²) in [6.45, 7) is 8.05. The lowest BCUT2D eigenvalue weighted by molar-refractivity contribution is 0.126. The highest BCUT2D eigenvalue weighted by molar-refractivity contribution is 7.80. The van der Waals surface area contributed by atoms with Gasteiger partial charge in [-0.3, -0.25) is 4.90 Å². The molecule has 0 radical (unpaired) electrons. The van der Waals surface area contributed by atoms with E-state index in [0.29, 0.717) is 4.99 Å². The van der Waals surface area contributed by atoms with E-state index in [2.05, 4.69) is 17.1 Å². The average Bonchev–Trinajstić information content (AvgIpc) is 2.37. The highest BCUT2D eigenvalue weighted by Crippen LogP contribution is 2.09. The smallest absolute Gasteiger partial charge is 0.317 e. The van der Waals surface area contributed by atoms with E-state index in [1.54, 1.807) is 0 Å². The van der Waals surface area contributed by atoms with Crippen molar-refractivity contribution in [3.8, 4) is 0 Å². The first kappa shape index (κ1) is 15.2. The summed E-state index contributed by atoms with van der Waals surface area (Å²) < 4.78 is 0. The first-order valence-electron chi connectivity index (χ1n) is 6.66. The number of nitrogens with two attached hydrogens (primary N) is 1. The fraction of sp³-hybridized carbons (Fsp3) is 0.833. The van der Waals surface area contributed by atoms with Gasteiger partial charge < -0.3 is 16.0 Å². The summed E-state index contributed by atoms with van der Waals surface area (Å²) in [4.78, 5) is 16.5. The van der Waals surface area contributed by atoms with Gasteiger partial charge in [-0.15, -0.1) is 0 Å². The number of urea groups is 1. The monoisotopic (exact) mass is 272 g/mol. The lowest BCUT2D eigenvalue weighted by atomic mass is 10.1. The van der Waals surface area contributed by atoms with Gasteiger partial charge in [0.1, 0.15) is 0 Å². The van der Waals surface area contributed by atoms with Gasteiger partial charge in [0.25, 0.3) is 0 Å². The molecule has 0 bridgehead atoms. The van der Waals surface area contributed by atoms with E-state index < -0.39 is 0 Å². The van der Waals surface area contributed by atoms with Gasteiger partial charge in [-0.1, -0.05) is 26.1 Å². The number of carbonyl (C=O) groups is 1. The average molecular weight is 272 g/mol. The van der Waals surface area contributed by atoms with Gasteiger partial charge in [-0.2, -0.15) is 0 Å². The summed E-state index contributed by atoms with van der Waals surface area (Å²) >= 11 is 5.08. The maximum atomic E-state index is 11.8. The Bertz CT molecular complexity index is 290. The number of hydrogen-bond acceptors (Lipinski definition) is 3. The number of nitrogens with one attached hydrogen (secondary N) is 1. The predicted octanol–water partition coefficient (Wildman–Crippen LogP) is 0.788. The summed E-state index contributed by atoms with van der Waals surface area (Å²) in [7, 11) is 0. The molecule has 1 unspecified atom stereocenters. The Morgan fingerprint density at radius 1 is 1.33 bits per heavy atom. The molecule has 0 aliphatic carbocycles. The fourth-order valence-corrected chi connectivity index (χ4v) is 2.54. The molecule has 2 amide bonds. The SMILES string of the molecule is CCCNC(=O)N1CCN(C(CC)C(N)=S)CC1. The van der Waals surface area contributed by atoms with E-state index in [1.165, 1.54) is 0 Å². The number of thiocarbonyl (C=S) groups is 1. The third-order valence-electron chi connectivity index (χ3n) is 3.28. The van der Waals surface area contributed by atoms with Crippen molar-refractivity contribution in [2.75, 3.05) is 32.7 Å². The molecular formula is C12H24N4OS. The van der Waals surface area contributed by atoms with Gasteiger partial charge in [0.15, 0.2) is 0 Å². The first-order valence-corrected chi connectivity index (χ1v) is 7.07. The lowest BCUT2D eigenvalue weighted by Crippen LogP contribution is -2.56. The van der Waals surface area contributed by atoms with E-state index in [4.69, 9.17) is 18.0 Å². The number of piperazine rings is 1. The second-order valence-corrected chi connectivity index (χ2v) is 5.05. The number of hydrogen-bond donors (Lipinski definition) is 2. The highest BCUT2D eigenvalue weighted by Gasteiger charge is 2.26. The fourth-order valence-electron chi connectivity index (χ4n) is 2.22. The quantitative estimate of drug-likeness (QED) is 0.726. The Kier molecular flexibility index (Phi) is 6.35. The molecule has 0 saturated carbocycles. The van der Waals surface area contributed by atoms with Crippen LogP contribution < -0.4 is 11.1 Å². The van der Waals surface area contributed by atoms with Crippen LogP contribution in [0.2, 0.25) is 0 Å². The topological polar surface area (TPSA) is 61.6 Å². The van der Waals surface area contributed by atoms with Crippen molar-refractivity contribution < 1.29 is 4.79 Å². The van der Waals surface area contributed by atoms with Crippen molar-refractivity contribution in [2.24, 2.45) is 5.73 Å². The molecule has 1 atom stereocenters. The Hall–Kier alpha value is -0.880. The molecule has 18 heavy (non-hydrogen) atoms. The van der Waals surface area contributed by atoms with E-state index in [9.17, 15) is 4.79 Å². The molecule has 1 fully saturated rings. The minimum Gasteiger partial charge on any atom is -0.392 e. The molecule has 0 aromatic carbocycles. The van der Waals surface area contributed by atoms with Crippen LogP contribution in [0.5, 0.6) is 0 Å². The van der Waals surface area contributed by atoms with Crippen molar-refractivity contribution in [3.63, 3.8) is 0 Å². The molecule has 1 saturated heterocycles. The molecule has 0 aromatic rings. The second-order valence-electron chi connectivity index (χ2n) is 4.58. The molecule has 5 nitrogen and oxygen atoms in total. The maximum Gasteiger partial charge on any atom is 0.317 e. The summed E-state index contributed by atoms with van der Waals surface area (Å²) in [5.74, 6) is 0. The van der Waals surface area contributed by atoms with E-state index >= 15 is 0 Å². The highest BCUT2D eigenvalue weighted by atomic mass is 32.1. The third kappa shape index (κ3) is 4.10. The third-order valence-corrected chi connectivity index (χ3v) is 3.56. The van der Waals surface area contributed by atoms with Gasteiger partial charge in [0, 0.05) is 32.7 Å². The molecule has 1 aliphatic rings. The largest absolute Gasteiger partial charge is 0.392 e. The standard InChI is InChI=1S/C12H24N4OS/c1-3-5-14-12(17)16-8-6-15(7-9-16)10(4-2)11(13)18/h10H,3-9H2,1-2H3,(H2,13,18)(H,14,17). The second kappa shape index (κ2) is 7.53. The van der Waals surface area contributed by atoms with E-state index in [1.807, 2.05) is 11.8 Å². The van der Waals surface area contributed by atoms with Crippen molar-refractivity contribution in [1.29, 1.82) is 0 Å². The van der Waals surface area contributed by atoms with Gasteiger partial charge >= 0.3 is 6.03 Å². The zero-order valence-electron chi connectivity index (χ0n) is 11.3. The van der Waals surface area contributed by atoms with Crippen LogP contribution in [0.1, 0.15) is 26.7 Å². The van der Waals surface area contributed by atoms with Crippen molar-refractivity contribution in [3.05, 3.63) is 0 Å². The molecule has 0 spiro atoms. The van der Waals surface area contributed by atoms with Crippen LogP contribution >= 0.6 is 12.2 Å². The molecule has 1 heterocycles. The van der Waals surface area contributed by atoms with Crippen LogP contribution in [0.4, 0.5) is 4.79 Å². The number of rotatable bonds is 5. The van der Waals surface area contributed by atoms with Gasteiger partial charge in [0.2, 0.25) is 0 Å². The van der Waals surface area contributed by atoms with Crippen LogP contribution in [0.25, 0.3) is 0 Å². The van der Waals surface area contributed by atoms with Crippen molar-refractivity contribution in [1.82, 2.24) is 15.1 Å². The number of amides is 2. The molecular weight excluding hydrogens is 248 g/mol. The normalized spacial score (nSPS) is 18.4. The summed E-state index contributed by atoms with van der Waals surface area (Å²) in [5, 5.41) is 2.90. The van der Waals surface area contributed by atoms with Crippen LogP contribution in [0.15, 0.2) is 0 Å². The minimum absolute atomic E-state index is 0.0415. The number of nitrogens with zero attached hydrogens (tertiary/aromatic N) is 2. The van der Waals surface area contributed by atoms with Crippen LogP contribution in [0.3, 0.4) is 0 Å². The Morgan fingerprint density at radius 2 is 1.94 bits per heavy atom.